The molecule has 1 aliphatic heterocycles. The molecule has 0 aromatic rings. The molecule has 2 nitrogen and oxygen atoms in total. The van der Waals surface area contributed by atoms with Crippen molar-refractivity contribution in [3.8, 4) is 0 Å². The minimum absolute atomic E-state index is 0.820. The summed E-state index contributed by atoms with van der Waals surface area (Å²) in [6.45, 7) is 9.39. The van der Waals surface area contributed by atoms with Crippen LogP contribution in [0.3, 0.4) is 0 Å². The van der Waals surface area contributed by atoms with E-state index >= 15 is 0 Å². The maximum absolute atomic E-state index is 5.28. The van der Waals surface area contributed by atoms with Crippen LogP contribution in [-0.4, -0.2) is 31.2 Å². The fourth-order valence-electron chi connectivity index (χ4n) is 1.32. The number of ether oxygens (including phenoxy) is 1. The second kappa shape index (κ2) is 5.60. The van der Waals surface area contributed by atoms with E-state index in [1.54, 1.807) is 0 Å². The number of nitrogens with zero attached hydrogens (tertiary/aromatic N) is 1. The highest BCUT2D eigenvalue weighted by Crippen LogP contribution is 2.08. The van der Waals surface area contributed by atoms with Crippen molar-refractivity contribution < 1.29 is 4.74 Å². The molecule has 0 aromatic heterocycles. The Morgan fingerprint density at radius 2 is 2.08 bits per heavy atom. The number of hydrogen-bond donors (Lipinski definition) is 0. The molecule has 1 aliphatic rings. The van der Waals surface area contributed by atoms with Gasteiger partial charge in [-0.2, -0.15) is 0 Å². The van der Waals surface area contributed by atoms with Crippen LogP contribution in [0.15, 0.2) is 36.6 Å². The van der Waals surface area contributed by atoms with Crippen LogP contribution in [0.5, 0.6) is 0 Å². The Kier molecular flexibility index (Phi) is 4.33. The molecule has 0 amide bonds. The lowest BCUT2D eigenvalue weighted by Crippen LogP contribution is -2.35. The zero-order valence-corrected chi connectivity index (χ0v) is 8.20. The first-order valence-corrected chi connectivity index (χ1v) is 4.66. The van der Waals surface area contributed by atoms with Crippen molar-refractivity contribution in [1.82, 2.24) is 4.90 Å². The minimum Gasteiger partial charge on any atom is -0.378 e. The molecule has 72 valence electrons. The largest absolute Gasteiger partial charge is 0.378 e. The normalized spacial score (nSPS) is 19.5. The molecule has 13 heavy (non-hydrogen) atoms. The Bertz CT molecular complexity index is 212. The summed E-state index contributed by atoms with van der Waals surface area (Å²) >= 11 is 0. The monoisotopic (exact) mass is 179 g/mol. The molecule has 2 heteroatoms. The summed E-state index contributed by atoms with van der Waals surface area (Å²) < 4.78 is 5.28. The molecule has 0 N–H and O–H groups in total. The van der Waals surface area contributed by atoms with E-state index in [1.165, 1.54) is 5.70 Å². The fraction of sp³-hybridized carbons (Fsp3) is 0.455. The lowest BCUT2D eigenvalue weighted by Gasteiger charge is -2.29. The number of rotatable bonds is 3. The maximum atomic E-state index is 5.28. The van der Waals surface area contributed by atoms with E-state index in [2.05, 4.69) is 17.6 Å². The summed E-state index contributed by atoms with van der Waals surface area (Å²) in [5.41, 5.74) is 1.18. The van der Waals surface area contributed by atoms with Gasteiger partial charge in [0, 0.05) is 18.8 Å². The van der Waals surface area contributed by atoms with Crippen LogP contribution < -0.4 is 0 Å². The molecule has 1 heterocycles. The van der Waals surface area contributed by atoms with Gasteiger partial charge in [0.05, 0.1) is 13.2 Å². The molecule has 1 fully saturated rings. The number of morpholine rings is 1. The molecule has 0 aromatic carbocycles. The van der Waals surface area contributed by atoms with Crippen molar-refractivity contribution in [2.45, 2.75) is 6.92 Å². The van der Waals surface area contributed by atoms with E-state index in [0.29, 0.717) is 0 Å². The van der Waals surface area contributed by atoms with Crippen LogP contribution in [-0.2, 0) is 4.74 Å². The van der Waals surface area contributed by atoms with Gasteiger partial charge in [0.15, 0.2) is 0 Å². The highest BCUT2D eigenvalue weighted by Gasteiger charge is 2.10. The van der Waals surface area contributed by atoms with Gasteiger partial charge in [0.2, 0.25) is 0 Å². The quantitative estimate of drug-likeness (QED) is 0.614. The van der Waals surface area contributed by atoms with Crippen molar-refractivity contribution in [3.63, 3.8) is 0 Å². The van der Waals surface area contributed by atoms with Gasteiger partial charge < -0.3 is 9.64 Å². The fourth-order valence-corrected chi connectivity index (χ4v) is 1.32. The molecule has 0 aliphatic carbocycles. The zero-order valence-electron chi connectivity index (χ0n) is 8.20. The predicted octanol–water partition coefficient (Wildman–Crippen LogP) is 1.96. The van der Waals surface area contributed by atoms with Gasteiger partial charge >= 0.3 is 0 Å². The first-order valence-electron chi connectivity index (χ1n) is 4.66. The molecule has 0 unspecified atom stereocenters. The molecule has 0 atom stereocenters. The third kappa shape index (κ3) is 3.07. The van der Waals surface area contributed by atoms with Crippen LogP contribution in [0.2, 0.25) is 0 Å². The molecule has 0 spiro atoms. The van der Waals surface area contributed by atoms with Crippen LogP contribution in [0, 0.1) is 0 Å². The Morgan fingerprint density at radius 1 is 1.38 bits per heavy atom. The Balaban J connectivity index is 2.58. The highest BCUT2D eigenvalue weighted by atomic mass is 16.5. The smallest absolute Gasteiger partial charge is 0.0642 e. The summed E-state index contributed by atoms with van der Waals surface area (Å²) in [6.07, 6.45) is 8.03. The highest BCUT2D eigenvalue weighted by molar-refractivity contribution is 5.21. The van der Waals surface area contributed by atoms with Crippen molar-refractivity contribution in [3.05, 3.63) is 36.6 Å². The minimum atomic E-state index is 0.820. The molecule has 0 bridgehead atoms. The molecule has 1 rings (SSSR count). The van der Waals surface area contributed by atoms with Crippen molar-refractivity contribution >= 4 is 0 Å². The van der Waals surface area contributed by atoms with E-state index < -0.39 is 0 Å². The molecule has 0 radical (unpaired) electrons. The van der Waals surface area contributed by atoms with Crippen molar-refractivity contribution in [2.75, 3.05) is 26.3 Å². The van der Waals surface area contributed by atoms with Crippen LogP contribution in [0.4, 0.5) is 0 Å². The van der Waals surface area contributed by atoms with Gasteiger partial charge in [0.25, 0.3) is 0 Å². The average Bonchev–Trinajstić information content (AvgIpc) is 2.21. The van der Waals surface area contributed by atoms with Crippen molar-refractivity contribution in [2.24, 2.45) is 0 Å². The second-order valence-corrected chi connectivity index (χ2v) is 2.92. The molecular formula is C11H17NO. The summed E-state index contributed by atoms with van der Waals surface area (Å²) in [5.74, 6) is 0. The van der Waals surface area contributed by atoms with E-state index in [1.807, 2.05) is 25.2 Å². The molecule has 0 saturated carbocycles. The Hall–Kier alpha value is -1.02. The third-order valence-electron chi connectivity index (χ3n) is 2.04. The second-order valence-electron chi connectivity index (χ2n) is 2.92. The average molecular weight is 179 g/mol. The summed E-state index contributed by atoms with van der Waals surface area (Å²) in [5, 5.41) is 0. The Labute approximate surface area is 80.2 Å². The van der Waals surface area contributed by atoms with Gasteiger partial charge in [-0.05, 0) is 19.1 Å². The van der Waals surface area contributed by atoms with E-state index in [0.717, 1.165) is 26.3 Å². The van der Waals surface area contributed by atoms with Crippen LogP contribution in [0.25, 0.3) is 0 Å². The summed E-state index contributed by atoms with van der Waals surface area (Å²) in [4.78, 5) is 2.29. The lowest BCUT2D eigenvalue weighted by molar-refractivity contribution is 0.0554. The summed E-state index contributed by atoms with van der Waals surface area (Å²) in [7, 11) is 0. The van der Waals surface area contributed by atoms with E-state index in [-0.39, 0.29) is 0 Å². The topological polar surface area (TPSA) is 12.5 Å². The SMILES string of the molecule is C=C/C(=C\C=C/C)N1CCOCC1. The first kappa shape index (κ1) is 10.1. The molecule has 1 saturated heterocycles. The van der Waals surface area contributed by atoms with Crippen molar-refractivity contribution in [1.29, 1.82) is 0 Å². The van der Waals surface area contributed by atoms with E-state index in [9.17, 15) is 0 Å². The number of hydrogen-bond acceptors (Lipinski definition) is 2. The Morgan fingerprint density at radius 3 is 2.62 bits per heavy atom. The van der Waals surface area contributed by atoms with E-state index in [4.69, 9.17) is 4.74 Å². The van der Waals surface area contributed by atoms with Crippen LogP contribution in [0.1, 0.15) is 6.92 Å². The van der Waals surface area contributed by atoms with Gasteiger partial charge in [-0.25, -0.2) is 0 Å². The zero-order chi connectivity index (χ0) is 9.52. The standard InChI is InChI=1S/C11H17NO/c1-3-5-6-11(4-2)12-7-9-13-10-8-12/h3-6H,2,7-10H2,1H3/b5-3-,11-6+. The van der Waals surface area contributed by atoms with Gasteiger partial charge in [0.1, 0.15) is 0 Å². The maximum Gasteiger partial charge on any atom is 0.0642 e. The number of allylic oxidation sites excluding steroid dienone is 4. The van der Waals surface area contributed by atoms with Gasteiger partial charge in [-0.1, -0.05) is 18.7 Å². The first-order chi connectivity index (χ1) is 6.38. The summed E-state index contributed by atoms with van der Waals surface area (Å²) in [6, 6.07) is 0. The molecular weight excluding hydrogens is 162 g/mol. The lowest BCUT2D eigenvalue weighted by atomic mass is 10.3. The van der Waals surface area contributed by atoms with Gasteiger partial charge in [-0.15, -0.1) is 0 Å². The van der Waals surface area contributed by atoms with Crippen LogP contribution >= 0.6 is 0 Å². The third-order valence-corrected chi connectivity index (χ3v) is 2.04. The van der Waals surface area contributed by atoms with Gasteiger partial charge in [-0.3, -0.25) is 0 Å². The predicted molar refractivity (Wildman–Crippen MR) is 55.5 cm³/mol.